The molecule has 0 saturated heterocycles. The Balaban J connectivity index is 1.53. The van der Waals surface area contributed by atoms with E-state index in [0.717, 1.165) is 27.5 Å². The van der Waals surface area contributed by atoms with Gasteiger partial charge in [0.15, 0.2) is 11.7 Å². The first kappa shape index (κ1) is 16.1. The van der Waals surface area contributed by atoms with Crippen molar-refractivity contribution in [3.8, 4) is 0 Å². The number of carbonyl (C=O) groups excluding carboxylic acids is 2. The normalized spacial score (nSPS) is 17.2. The number of halogens is 1. The zero-order valence-electron chi connectivity index (χ0n) is 12.3. The molecule has 1 N–H and O–H groups in total. The SMILES string of the molecule is O=C(COC(=O)[C@@H]1CC=CCC1)Nc1nc2ccc(Br)cc2s1. The Kier molecular flexibility index (Phi) is 5.07. The highest BCUT2D eigenvalue weighted by atomic mass is 79.9. The molecule has 2 aromatic rings. The van der Waals surface area contributed by atoms with E-state index in [1.54, 1.807) is 0 Å². The van der Waals surface area contributed by atoms with Gasteiger partial charge in [-0.15, -0.1) is 0 Å². The molecule has 0 unspecified atom stereocenters. The number of amides is 1. The highest BCUT2D eigenvalue weighted by molar-refractivity contribution is 9.10. The van der Waals surface area contributed by atoms with Crippen molar-refractivity contribution in [1.82, 2.24) is 4.98 Å². The maximum Gasteiger partial charge on any atom is 0.309 e. The molecule has 0 saturated carbocycles. The Labute approximate surface area is 145 Å². The van der Waals surface area contributed by atoms with Gasteiger partial charge in [-0.1, -0.05) is 39.4 Å². The third-order valence-electron chi connectivity index (χ3n) is 3.54. The van der Waals surface area contributed by atoms with Crippen LogP contribution in [-0.4, -0.2) is 23.5 Å². The molecule has 0 spiro atoms. The number of aromatic nitrogens is 1. The number of anilines is 1. The minimum absolute atomic E-state index is 0.132. The third-order valence-corrected chi connectivity index (χ3v) is 4.97. The fourth-order valence-electron chi connectivity index (χ4n) is 2.37. The van der Waals surface area contributed by atoms with Crippen LogP contribution in [0.4, 0.5) is 5.13 Å². The second-order valence-electron chi connectivity index (χ2n) is 5.27. The van der Waals surface area contributed by atoms with Crippen molar-refractivity contribution in [3.05, 3.63) is 34.8 Å². The minimum atomic E-state index is -0.372. The summed E-state index contributed by atoms with van der Waals surface area (Å²) in [6.45, 7) is -0.279. The average Bonchev–Trinajstić information content (AvgIpc) is 2.94. The standard InChI is InChI=1S/C16H15BrN2O3S/c17-11-6-7-12-13(8-11)23-16(18-12)19-14(20)9-22-15(21)10-4-2-1-3-5-10/h1-2,6-8,10H,3-5,9H2,(H,18,19,20)/t10-/m1/s1. The van der Waals surface area contributed by atoms with Crippen molar-refractivity contribution in [2.45, 2.75) is 19.3 Å². The van der Waals surface area contributed by atoms with Gasteiger partial charge in [0, 0.05) is 4.47 Å². The van der Waals surface area contributed by atoms with E-state index in [4.69, 9.17) is 4.74 Å². The summed E-state index contributed by atoms with van der Waals surface area (Å²) in [6.07, 6.45) is 6.39. The maximum atomic E-state index is 11.9. The quantitative estimate of drug-likeness (QED) is 0.630. The lowest BCUT2D eigenvalue weighted by Crippen LogP contribution is -2.25. The molecule has 7 heteroatoms. The van der Waals surface area contributed by atoms with Crippen LogP contribution in [-0.2, 0) is 14.3 Å². The van der Waals surface area contributed by atoms with E-state index in [2.05, 4.69) is 32.3 Å². The van der Waals surface area contributed by atoms with Gasteiger partial charge in [-0.2, -0.15) is 0 Å². The first-order valence-corrected chi connectivity index (χ1v) is 8.90. The predicted octanol–water partition coefficient (Wildman–Crippen LogP) is 3.90. The summed E-state index contributed by atoms with van der Waals surface area (Å²) in [5.74, 6) is -0.812. The fraction of sp³-hybridized carbons (Fsp3) is 0.312. The number of thiazole rings is 1. The Morgan fingerprint density at radius 1 is 1.39 bits per heavy atom. The van der Waals surface area contributed by atoms with Crippen LogP contribution < -0.4 is 5.32 Å². The number of benzene rings is 1. The van der Waals surface area contributed by atoms with E-state index in [1.807, 2.05) is 24.3 Å². The van der Waals surface area contributed by atoms with Crippen LogP contribution >= 0.6 is 27.3 Å². The van der Waals surface area contributed by atoms with Gasteiger partial charge in [0.2, 0.25) is 0 Å². The number of hydrogen-bond acceptors (Lipinski definition) is 5. The maximum absolute atomic E-state index is 11.9. The van der Waals surface area contributed by atoms with Gasteiger partial charge >= 0.3 is 5.97 Å². The average molecular weight is 395 g/mol. The smallest absolute Gasteiger partial charge is 0.309 e. The lowest BCUT2D eigenvalue weighted by molar-refractivity contribution is -0.151. The van der Waals surface area contributed by atoms with Crippen LogP contribution in [0.25, 0.3) is 10.2 Å². The number of allylic oxidation sites excluding steroid dienone is 2. The molecular formula is C16H15BrN2O3S. The number of hydrogen-bond donors (Lipinski definition) is 1. The van der Waals surface area contributed by atoms with Gasteiger partial charge in [-0.3, -0.25) is 14.9 Å². The molecule has 0 radical (unpaired) electrons. The van der Waals surface area contributed by atoms with Crippen LogP contribution in [0.3, 0.4) is 0 Å². The molecule has 1 aromatic heterocycles. The molecule has 1 aromatic carbocycles. The van der Waals surface area contributed by atoms with E-state index in [-0.39, 0.29) is 24.4 Å². The highest BCUT2D eigenvalue weighted by Gasteiger charge is 2.21. The van der Waals surface area contributed by atoms with Gasteiger partial charge in [0.1, 0.15) is 0 Å². The van der Waals surface area contributed by atoms with E-state index in [9.17, 15) is 9.59 Å². The summed E-state index contributed by atoms with van der Waals surface area (Å²) in [6, 6.07) is 5.72. The monoisotopic (exact) mass is 394 g/mol. The molecule has 23 heavy (non-hydrogen) atoms. The van der Waals surface area contributed by atoms with Gasteiger partial charge in [0.05, 0.1) is 16.1 Å². The third kappa shape index (κ3) is 4.17. The topological polar surface area (TPSA) is 68.3 Å². The number of carbonyl (C=O) groups is 2. The lowest BCUT2D eigenvalue weighted by atomic mass is 9.95. The lowest BCUT2D eigenvalue weighted by Gasteiger charge is -2.15. The first-order valence-electron chi connectivity index (χ1n) is 7.29. The fourth-order valence-corrected chi connectivity index (χ4v) is 3.80. The Bertz CT molecular complexity index is 772. The minimum Gasteiger partial charge on any atom is -0.455 e. The van der Waals surface area contributed by atoms with Gasteiger partial charge in [0.25, 0.3) is 5.91 Å². The van der Waals surface area contributed by atoms with Crippen molar-refractivity contribution >= 4 is 54.5 Å². The molecule has 5 nitrogen and oxygen atoms in total. The van der Waals surface area contributed by atoms with Crippen molar-refractivity contribution in [1.29, 1.82) is 0 Å². The predicted molar refractivity (Wildman–Crippen MR) is 93.4 cm³/mol. The molecule has 0 aliphatic heterocycles. The molecule has 1 heterocycles. The Morgan fingerprint density at radius 3 is 3.04 bits per heavy atom. The van der Waals surface area contributed by atoms with Crippen LogP contribution in [0.15, 0.2) is 34.8 Å². The second-order valence-corrected chi connectivity index (χ2v) is 7.21. The first-order chi connectivity index (χ1) is 11.1. The Hall–Kier alpha value is -1.73. The molecule has 3 rings (SSSR count). The molecule has 1 aliphatic carbocycles. The van der Waals surface area contributed by atoms with Crippen molar-refractivity contribution in [2.24, 2.45) is 5.92 Å². The van der Waals surface area contributed by atoms with Gasteiger partial charge < -0.3 is 4.74 Å². The summed E-state index contributed by atoms with van der Waals surface area (Å²) in [5, 5.41) is 3.17. The summed E-state index contributed by atoms with van der Waals surface area (Å²) in [7, 11) is 0. The number of fused-ring (bicyclic) bond motifs is 1. The molecule has 1 amide bonds. The van der Waals surface area contributed by atoms with Gasteiger partial charge in [-0.05, 0) is 37.5 Å². The van der Waals surface area contributed by atoms with Gasteiger partial charge in [-0.25, -0.2) is 4.98 Å². The molecule has 120 valence electrons. The number of esters is 1. The van der Waals surface area contributed by atoms with Crippen LogP contribution in [0, 0.1) is 5.92 Å². The molecule has 0 bridgehead atoms. The van der Waals surface area contributed by atoms with E-state index >= 15 is 0 Å². The molecule has 1 aliphatic rings. The van der Waals surface area contributed by atoms with E-state index in [0.29, 0.717) is 11.6 Å². The van der Waals surface area contributed by atoms with Crippen molar-refractivity contribution in [2.75, 3.05) is 11.9 Å². The zero-order valence-corrected chi connectivity index (χ0v) is 14.7. The number of nitrogens with one attached hydrogen (secondary N) is 1. The Morgan fingerprint density at radius 2 is 2.26 bits per heavy atom. The second kappa shape index (κ2) is 7.23. The van der Waals surface area contributed by atoms with E-state index in [1.165, 1.54) is 11.3 Å². The van der Waals surface area contributed by atoms with Crippen LogP contribution in [0.1, 0.15) is 19.3 Å². The summed E-state index contributed by atoms with van der Waals surface area (Å²) in [5.41, 5.74) is 0.819. The molecular weight excluding hydrogens is 380 g/mol. The van der Waals surface area contributed by atoms with Crippen LogP contribution in [0.5, 0.6) is 0 Å². The van der Waals surface area contributed by atoms with Crippen LogP contribution in [0.2, 0.25) is 0 Å². The van der Waals surface area contributed by atoms with Crippen molar-refractivity contribution < 1.29 is 14.3 Å². The molecule has 1 atom stereocenters. The highest BCUT2D eigenvalue weighted by Crippen LogP contribution is 2.28. The number of nitrogens with zero attached hydrogens (tertiary/aromatic N) is 1. The number of ether oxygens (including phenoxy) is 1. The number of rotatable bonds is 4. The van der Waals surface area contributed by atoms with E-state index < -0.39 is 0 Å². The summed E-state index contributed by atoms with van der Waals surface area (Å²) in [4.78, 5) is 28.1. The zero-order chi connectivity index (χ0) is 16.2. The summed E-state index contributed by atoms with van der Waals surface area (Å²) >= 11 is 4.78. The largest absolute Gasteiger partial charge is 0.455 e. The summed E-state index contributed by atoms with van der Waals surface area (Å²) < 4.78 is 7.03. The van der Waals surface area contributed by atoms with Crippen molar-refractivity contribution in [3.63, 3.8) is 0 Å². The molecule has 0 fully saturated rings.